The first-order valence-electron chi connectivity index (χ1n) is 7.22. The number of hydrogen-bond acceptors (Lipinski definition) is 4. The van der Waals surface area contributed by atoms with Gasteiger partial charge in [-0.05, 0) is 24.6 Å². The van der Waals surface area contributed by atoms with Crippen LogP contribution in [0.2, 0.25) is 0 Å². The Bertz CT molecular complexity index is 929. The van der Waals surface area contributed by atoms with Gasteiger partial charge in [0.05, 0.1) is 5.39 Å². The molecule has 3 aromatic rings. The van der Waals surface area contributed by atoms with Gasteiger partial charge in [0.25, 0.3) is 5.91 Å². The van der Waals surface area contributed by atoms with Crippen LogP contribution in [0.15, 0.2) is 47.4 Å². The average molecular weight is 308 g/mol. The molecule has 0 unspecified atom stereocenters. The number of benzene rings is 1. The van der Waals surface area contributed by atoms with Crippen molar-refractivity contribution < 1.29 is 4.79 Å². The van der Waals surface area contributed by atoms with Crippen molar-refractivity contribution in [3.63, 3.8) is 0 Å². The molecule has 6 nitrogen and oxygen atoms in total. The second-order valence-electron chi connectivity index (χ2n) is 5.34. The highest BCUT2D eigenvalue weighted by atomic mass is 16.2. The van der Waals surface area contributed by atoms with Crippen LogP contribution in [0.25, 0.3) is 11.0 Å². The van der Waals surface area contributed by atoms with Crippen LogP contribution in [0.4, 0.5) is 0 Å². The summed E-state index contributed by atoms with van der Waals surface area (Å²) in [5.74, 6) is -0.489. The van der Waals surface area contributed by atoms with E-state index < -0.39 is 11.3 Å². The number of aromatic nitrogens is 3. The lowest BCUT2D eigenvalue weighted by Gasteiger charge is -2.08. The molecule has 2 aromatic heterocycles. The minimum Gasteiger partial charge on any atom is -0.346 e. The summed E-state index contributed by atoms with van der Waals surface area (Å²) >= 11 is 0. The highest BCUT2D eigenvalue weighted by Crippen LogP contribution is 2.06. The second-order valence-corrected chi connectivity index (χ2v) is 5.34. The van der Waals surface area contributed by atoms with E-state index in [0.29, 0.717) is 17.6 Å². The Labute approximate surface area is 132 Å². The van der Waals surface area contributed by atoms with Crippen LogP contribution in [-0.2, 0) is 13.6 Å². The largest absolute Gasteiger partial charge is 0.346 e. The number of fused-ring (bicyclic) bond motifs is 1. The third kappa shape index (κ3) is 2.96. The van der Waals surface area contributed by atoms with Crippen LogP contribution in [0, 0.1) is 6.92 Å². The SMILES string of the molecule is Cc1ccc(CNC(=O)c2nn(C)c3ncccc3c2=O)cc1. The summed E-state index contributed by atoms with van der Waals surface area (Å²) in [7, 11) is 1.66. The van der Waals surface area contributed by atoms with Crippen molar-refractivity contribution in [3.05, 3.63) is 69.6 Å². The maximum atomic E-state index is 12.4. The molecule has 1 aromatic carbocycles. The summed E-state index contributed by atoms with van der Waals surface area (Å²) in [6.45, 7) is 2.34. The average Bonchev–Trinajstić information content (AvgIpc) is 2.57. The molecule has 2 heterocycles. The number of rotatable bonds is 3. The number of hydrogen-bond donors (Lipinski definition) is 1. The van der Waals surface area contributed by atoms with Gasteiger partial charge in [0.15, 0.2) is 11.3 Å². The lowest BCUT2D eigenvalue weighted by molar-refractivity contribution is 0.0943. The number of nitrogens with one attached hydrogen (secondary N) is 1. The van der Waals surface area contributed by atoms with E-state index in [1.54, 1.807) is 25.4 Å². The van der Waals surface area contributed by atoms with E-state index in [4.69, 9.17) is 0 Å². The Balaban J connectivity index is 1.88. The van der Waals surface area contributed by atoms with E-state index in [-0.39, 0.29) is 5.69 Å². The molecule has 6 heteroatoms. The topological polar surface area (TPSA) is 76.9 Å². The molecule has 0 saturated carbocycles. The molecule has 116 valence electrons. The molecule has 0 spiro atoms. The van der Waals surface area contributed by atoms with Crippen LogP contribution in [0.3, 0.4) is 0 Å². The van der Waals surface area contributed by atoms with E-state index in [1.807, 2.05) is 31.2 Å². The fourth-order valence-electron chi connectivity index (χ4n) is 2.32. The molecule has 23 heavy (non-hydrogen) atoms. The molecule has 0 saturated heterocycles. The van der Waals surface area contributed by atoms with Crippen molar-refractivity contribution >= 4 is 16.9 Å². The van der Waals surface area contributed by atoms with Crippen molar-refractivity contribution in [1.29, 1.82) is 0 Å². The van der Waals surface area contributed by atoms with E-state index in [0.717, 1.165) is 11.1 Å². The molecule has 3 rings (SSSR count). The third-order valence-electron chi connectivity index (χ3n) is 3.59. The molecular weight excluding hydrogens is 292 g/mol. The molecule has 0 radical (unpaired) electrons. The van der Waals surface area contributed by atoms with E-state index in [9.17, 15) is 9.59 Å². The molecule has 0 atom stereocenters. The molecule has 0 aliphatic rings. The maximum absolute atomic E-state index is 12.4. The van der Waals surface area contributed by atoms with Crippen LogP contribution in [0.5, 0.6) is 0 Å². The van der Waals surface area contributed by atoms with Crippen molar-refractivity contribution in [2.45, 2.75) is 13.5 Å². The number of pyridine rings is 1. The van der Waals surface area contributed by atoms with Gasteiger partial charge in [-0.3, -0.25) is 9.59 Å². The first kappa shape index (κ1) is 14.9. The Hall–Kier alpha value is -3.02. The van der Waals surface area contributed by atoms with Gasteiger partial charge in [-0.25, -0.2) is 9.67 Å². The number of carbonyl (C=O) groups excluding carboxylic acids is 1. The lowest BCUT2D eigenvalue weighted by atomic mass is 10.1. The Kier molecular flexibility index (Phi) is 3.89. The number of aryl methyl sites for hydroxylation is 2. The second kappa shape index (κ2) is 6.00. The minimum absolute atomic E-state index is 0.125. The molecule has 0 aliphatic heterocycles. The van der Waals surface area contributed by atoms with Crippen LogP contribution < -0.4 is 10.7 Å². The van der Waals surface area contributed by atoms with Gasteiger partial charge in [-0.1, -0.05) is 29.8 Å². The molecule has 0 bridgehead atoms. The van der Waals surface area contributed by atoms with Crippen LogP contribution >= 0.6 is 0 Å². The fraction of sp³-hybridized carbons (Fsp3) is 0.176. The number of nitrogens with zero attached hydrogens (tertiary/aromatic N) is 3. The van der Waals surface area contributed by atoms with Gasteiger partial charge in [-0.15, -0.1) is 0 Å². The smallest absolute Gasteiger partial charge is 0.276 e. The summed E-state index contributed by atoms with van der Waals surface area (Å²) < 4.78 is 1.44. The van der Waals surface area contributed by atoms with Crippen molar-refractivity contribution in [2.75, 3.05) is 0 Å². The van der Waals surface area contributed by atoms with Gasteiger partial charge in [0, 0.05) is 19.8 Å². The van der Waals surface area contributed by atoms with Gasteiger partial charge >= 0.3 is 0 Å². The molecule has 0 aliphatic carbocycles. The van der Waals surface area contributed by atoms with Gasteiger partial charge in [0.1, 0.15) is 0 Å². The number of carbonyl (C=O) groups is 1. The van der Waals surface area contributed by atoms with E-state index in [1.165, 1.54) is 4.68 Å². The Morgan fingerprint density at radius 1 is 1.22 bits per heavy atom. The van der Waals surface area contributed by atoms with Crippen LogP contribution in [-0.4, -0.2) is 20.7 Å². The molecule has 1 N–H and O–H groups in total. The summed E-state index contributed by atoms with van der Waals surface area (Å²) in [6, 6.07) is 11.1. The van der Waals surface area contributed by atoms with Crippen molar-refractivity contribution in [3.8, 4) is 0 Å². The zero-order chi connectivity index (χ0) is 16.4. The highest BCUT2D eigenvalue weighted by molar-refractivity contribution is 5.94. The summed E-state index contributed by atoms with van der Waals surface area (Å²) in [6.07, 6.45) is 1.58. The van der Waals surface area contributed by atoms with Gasteiger partial charge in [0.2, 0.25) is 5.43 Å². The zero-order valence-corrected chi connectivity index (χ0v) is 12.9. The molecular formula is C17H16N4O2. The standard InChI is InChI=1S/C17H16N4O2/c1-11-5-7-12(8-6-11)10-19-17(23)14-15(22)13-4-3-9-18-16(13)21(2)20-14/h3-9H,10H2,1-2H3,(H,19,23). The minimum atomic E-state index is -0.489. The van der Waals surface area contributed by atoms with Gasteiger partial charge < -0.3 is 5.32 Å². The van der Waals surface area contributed by atoms with Gasteiger partial charge in [-0.2, -0.15) is 5.10 Å². The predicted octanol–water partition coefficient (Wildman–Crippen LogP) is 1.57. The molecule has 1 amide bonds. The third-order valence-corrected chi connectivity index (χ3v) is 3.59. The first-order valence-corrected chi connectivity index (χ1v) is 7.22. The predicted molar refractivity (Wildman–Crippen MR) is 87.1 cm³/mol. The van der Waals surface area contributed by atoms with E-state index in [2.05, 4.69) is 15.4 Å². The van der Waals surface area contributed by atoms with E-state index >= 15 is 0 Å². The zero-order valence-electron chi connectivity index (χ0n) is 12.9. The lowest BCUT2D eigenvalue weighted by Crippen LogP contribution is -2.31. The Morgan fingerprint density at radius 2 is 1.96 bits per heavy atom. The normalized spacial score (nSPS) is 10.7. The van der Waals surface area contributed by atoms with Crippen LogP contribution in [0.1, 0.15) is 21.6 Å². The first-order chi connectivity index (χ1) is 11.1. The summed E-state index contributed by atoms with van der Waals surface area (Å²) in [5, 5.41) is 7.17. The summed E-state index contributed by atoms with van der Waals surface area (Å²) in [5.41, 5.74) is 2.03. The van der Waals surface area contributed by atoms with Crippen molar-refractivity contribution in [1.82, 2.24) is 20.1 Å². The quantitative estimate of drug-likeness (QED) is 0.796. The fourth-order valence-corrected chi connectivity index (χ4v) is 2.32. The molecule has 0 fully saturated rings. The summed E-state index contributed by atoms with van der Waals surface area (Å²) in [4.78, 5) is 28.8. The monoisotopic (exact) mass is 308 g/mol. The Morgan fingerprint density at radius 3 is 2.70 bits per heavy atom. The highest BCUT2D eigenvalue weighted by Gasteiger charge is 2.16. The van der Waals surface area contributed by atoms with Crippen molar-refractivity contribution in [2.24, 2.45) is 7.05 Å². The number of amides is 1. The maximum Gasteiger partial charge on any atom is 0.276 e.